The number of pyridine rings is 1. The van der Waals surface area contributed by atoms with Gasteiger partial charge < -0.3 is 14.2 Å². The third-order valence-corrected chi connectivity index (χ3v) is 5.47. The Labute approximate surface area is 203 Å². The molecule has 0 spiro atoms. The minimum absolute atomic E-state index is 0.0682. The van der Waals surface area contributed by atoms with Gasteiger partial charge in [-0.3, -0.25) is 9.78 Å². The van der Waals surface area contributed by atoms with E-state index in [2.05, 4.69) is 25.8 Å². The smallest absolute Gasteiger partial charge is 0.203 e. The first kappa shape index (κ1) is 26.5. The second-order valence-electron chi connectivity index (χ2n) is 9.33. The van der Waals surface area contributed by atoms with Gasteiger partial charge in [-0.05, 0) is 64.9 Å². The highest BCUT2D eigenvalue weighted by Gasteiger charge is 2.22. The van der Waals surface area contributed by atoms with Gasteiger partial charge in [0.15, 0.2) is 17.3 Å². The van der Waals surface area contributed by atoms with Crippen LogP contribution in [0.5, 0.6) is 17.2 Å². The predicted molar refractivity (Wildman–Crippen MR) is 137 cm³/mol. The fourth-order valence-electron chi connectivity index (χ4n) is 3.92. The topological polar surface area (TPSA) is 57.7 Å². The fraction of sp³-hybridized carbons (Fsp3) is 0.444. The van der Waals surface area contributed by atoms with E-state index in [9.17, 15) is 4.79 Å². The van der Waals surface area contributed by atoms with Crippen molar-refractivity contribution in [2.45, 2.75) is 46.5 Å². The van der Waals surface area contributed by atoms with Gasteiger partial charge in [0, 0.05) is 24.7 Å². The van der Waals surface area contributed by atoms with Crippen LogP contribution in [0.4, 0.5) is 0 Å². The number of aromatic nitrogens is 1. The van der Waals surface area contributed by atoms with Crippen LogP contribution in [-0.4, -0.2) is 37.0 Å². The molecule has 1 atom stereocenters. The van der Waals surface area contributed by atoms with Gasteiger partial charge in [0.25, 0.3) is 0 Å². The van der Waals surface area contributed by atoms with Crippen LogP contribution in [0.25, 0.3) is 6.08 Å². The third kappa shape index (κ3) is 8.97. The summed E-state index contributed by atoms with van der Waals surface area (Å²) >= 11 is 5.67. The molecule has 1 aromatic carbocycles. The van der Waals surface area contributed by atoms with Crippen molar-refractivity contribution in [1.29, 1.82) is 0 Å². The molecule has 0 fully saturated rings. The number of benzene rings is 1. The van der Waals surface area contributed by atoms with Gasteiger partial charge in [0.2, 0.25) is 5.75 Å². The first-order chi connectivity index (χ1) is 15.6. The van der Waals surface area contributed by atoms with Crippen molar-refractivity contribution in [2.24, 2.45) is 11.3 Å². The van der Waals surface area contributed by atoms with Gasteiger partial charge in [-0.2, -0.15) is 0 Å². The molecule has 0 radical (unpaired) electrons. The Bertz CT molecular complexity index is 939. The molecular weight excluding hydrogens is 434 g/mol. The number of hydrogen-bond acceptors (Lipinski definition) is 6. The second kappa shape index (κ2) is 12.5. The Morgan fingerprint density at radius 3 is 2.24 bits per heavy atom. The largest absolute Gasteiger partial charge is 0.493 e. The first-order valence-electron chi connectivity index (χ1n) is 11.1. The molecule has 0 aliphatic carbocycles. The lowest BCUT2D eigenvalue weighted by Gasteiger charge is -2.25. The maximum atomic E-state index is 12.9. The highest BCUT2D eigenvalue weighted by atomic mass is 32.1. The van der Waals surface area contributed by atoms with Crippen molar-refractivity contribution in [3.05, 3.63) is 53.9 Å². The molecule has 0 aliphatic rings. The number of ether oxygens (including phenoxy) is 3. The Morgan fingerprint density at radius 1 is 1.06 bits per heavy atom. The van der Waals surface area contributed by atoms with Gasteiger partial charge >= 0.3 is 0 Å². The number of methoxy groups -OCH3 is 3. The standard InChI is InChI=1S/C27H35NO4S/c1-27(2,3)18-20(14-23(33)17-21-9-7-8-12-28-21)13-22(29)11-10-19-15-24(30-4)26(32-6)25(16-19)31-5/h7-12,15-16,20H,13-14,17-18H2,1-6H3/b11-10+. The van der Waals surface area contributed by atoms with E-state index >= 15 is 0 Å². The van der Waals surface area contributed by atoms with E-state index < -0.39 is 0 Å². The molecule has 6 heteroatoms. The lowest BCUT2D eigenvalue weighted by Crippen LogP contribution is -2.19. The maximum Gasteiger partial charge on any atom is 0.203 e. The first-order valence-corrected chi connectivity index (χ1v) is 11.5. The second-order valence-corrected chi connectivity index (χ2v) is 9.91. The molecule has 2 aromatic rings. The van der Waals surface area contributed by atoms with Gasteiger partial charge in [-0.1, -0.05) is 45.1 Å². The van der Waals surface area contributed by atoms with E-state index in [4.69, 9.17) is 26.4 Å². The minimum atomic E-state index is 0.0682. The average molecular weight is 470 g/mol. The van der Waals surface area contributed by atoms with Crippen LogP contribution < -0.4 is 14.2 Å². The molecule has 33 heavy (non-hydrogen) atoms. The summed E-state index contributed by atoms with van der Waals surface area (Å²) in [5.41, 5.74) is 1.87. The summed E-state index contributed by atoms with van der Waals surface area (Å²) in [5, 5.41) is 0. The van der Waals surface area contributed by atoms with Crippen molar-refractivity contribution in [1.82, 2.24) is 4.98 Å². The molecule has 1 unspecified atom stereocenters. The van der Waals surface area contributed by atoms with Crippen molar-refractivity contribution in [2.75, 3.05) is 21.3 Å². The Kier molecular flexibility index (Phi) is 10.0. The fourth-order valence-corrected chi connectivity index (χ4v) is 4.30. The molecule has 0 N–H and O–H groups in total. The summed E-state index contributed by atoms with van der Waals surface area (Å²) in [7, 11) is 4.70. The average Bonchev–Trinajstić information content (AvgIpc) is 2.76. The summed E-state index contributed by atoms with van der Waals surface area (Å²) in [6, 6.07) is 9.48. The molecule has 5 nitrogen and oxygen atoms in total. The normalized spacial score (nSPS) is 12.4. The molecule has 2 rings (SSSR count). The molecule has 0 saturated carbocycles. The van der Waals surface area contributed by atoms with Crippen LogP contribution in [0.1, 0.15) is 51.3 Å². The van der Waals surface area contributed by atoms with E-state index in [0.29, 0.717) is 30.1 Å². The van der Waals surface area contributed by atoms with Crippen molar-refractivity contribution in [3.63, 3.8) is 0 Å². The third-order valence-electron chi connectivity index (χ3n) is 5.16. The summed E-state index contributed by atoms with van der Waals surface area (Å²) < 4.78 is 16.1. The van der Waals surface area contributed by atoms with Gasteiger partial charge in [0.1, 0.15) is 0 Å². The zero-order valence-electron chi connectivity index (χ0n) is 20.5. The van der Waals surface area contributed by atoms with Crippen LogP contribution in [0, 0.1) is 11.3 Å². The Balaban J connectivity index is 2.10. The van der Waals surface area contributed by atoms with Crippen LogP contribution in [0.15, 0.2) is 42.6 Å². The molecule has 1 heterocycles. The van der Waals surface area contributed by atoms with E-state index in [0.717, 1.165) is 29.0 Å². The number of nitrogens with zero attached hydrogens (tertiary/aromatic N) is 1. The van der Waals surface area contributed by atoms with Crippen LogP contribution >= 0.6 is 12.2 Å². The molecule has 178 valence electrons. The minimum Gasteiger partial charge on any atom is -0.493 e. The lowest BCUT2D eigenvalue weighted by molar-refractivity contribution is -0.115. The maximum absolute atomic E-state index is 12.9. The Morgan fingerprint density at radius 2 is 1.73 bits per heavy atom. The predicted octanol–water partition coefficient (Wildman–Crippen LogP) is 6.13. The van der Waals surface area contributed by atoms with Crippen molar-refractivity contribution in [3.8, 4) is 17.2 Å². The zero-order chi connectivity index (χ0) is 24.4. The summed E-state index contributed by atoms with van der Waals surface area (Å²) in [6.45, 7) is 6.58. The molecule has 0 bridgehead atoms. The number of thiocarbonyl (C=S) groups is 1. The van der Waals surface area contributed by atoms with Crippen molar-refractivity contribution >= 4 is 28.9 Å². The van der Waals surface area contributed by atoms with Gasteiger partial charge in [0.05, 0.1) is 21.3 Å². The monoisotopic (exact) mass is 469 g/mol. The molecular formula is C27H35NO4S. The lowest BCUT2D eigenvalue weighted by atomic mass is 9.80. The molecule has 0 aliphatic heterocycles. The number of hydrogen-bond donors (Lipinski definition) is 0. The molecule has 0 amide bonds. The van der Waals surface area contributed by atoms with Crippen LogP contribution in [-0.2, 0) is 11.2 Å². The highest BCUT2D eigenvalue weighted by molar-refractivity contribution is 7.80. The number of carbonyl (C=O) groups is 1. The summed E-state index contributed by atoms with van der Waals surface area (Å²) in [4.78, 5) is 18.2. The Hall–Kier alpha value is -2.73. The van der Waals surface area contributed by atoms with Crippen LogP contribution in [0.3, 0.4) is 0 Å². The molecule has 1 aromatic heterocycles. The van der Waals surface area contributed by atoms with Gasteiger partial charge in [-0.15, -0.1) is 0 Å². The summed E-state index contributed by atoms with van der Waals surface area (Å²) in [5.74, 6) is 1.87. The number of carbonyl (C=O) groups excluding carboxylic acids is 1. The zero-order valence-corrected chi connectivity index (χ0v) is 21.3. The van der Waals surface area contributed by atoms with E-state index in [1.807, 2.05) is 30.3 Å². The van der Waals surface area contributed by atoms with E-state index in [-0.39, 0.29) is 17.1 Å². The molecule has 0 saturated heterocycles. The number of rotatable bonds is 12. The van der Waals surface area contributed by atoms with E-state index in [1.165, 1.54) is 0 Å². The highest BCUT2D eigenvalue weighted by Crippen LogP contribution is 2.38. The SMILES string of the molecule is COc1cc(/C=C/C(=O)CC(CC(=S)Cc2ccccn2)CC(C)(C)C)cc(OC)c1OC. The van der Waals surface area contributed by atoms with E-state index in [1.54, 1.807) is 39.7 Å². The van der Waals surface area contributed by atoms with Crippen molar-refractivity contribution < 1.29 is 19.0 Å². The summed E-state index contributed by atoms with van der Waals surface area (Å²) in [6.07, 6.45) is 7.94. The van der Waals surface area contributed by atoms with Gasteiger partial charge in [-0.25, -0.2) is 0 Å². The number of allylic oxidation sites excluding steroid dienone is 1. The van der Waals surface area contributed by atoms with Crippen LogP contribution in [0.2, 0.25) is 0 Å². The quantitative estimate of drug-likeness (QED) is 0.275. The number of ketones is 1.